The average molecular weight is 304 g/mol. The second kappa shape index (κ2) is 6.11. The Labute approximate surface area is 126 Å². The zero-order chi connectivity index (χ0) is 14.7. The van der Waals surface area contributed by atoms with Crippen LogP contribution in [0.4, 0.5) is 15.6 Å². The lowest BCUT2D eigenvalue weighted by atomic mass is 10.1. The topological polar surface area (TPSA) is 89.3 Å². The van der Waals surface area contributed by atoms with Gasteiger partial charge in [0, 0.05) is 23.2 Å². The smallest absolute Gasteiger partial charge is 0.321 e. The number of nitrogens with two attached hydrogens (primary N) is 1. The van der Waals surface area contributed by atoms with Gasteiger partial charge in [-0.05, 0) is 18.6 Å². The molecule has 4 N–H and O–H groups in total. The number of thiazole rings is 1. The summed E-state index contributed by atoms with van der Waals surface area (Å²) in [6, 6.07) is 7.31. The van der Waals surface area contributed by atoms with Crippen LogP contribution < -0.4 is 16.4 Å². The van der Waals surface area contributed by atoms with Gasteiger partial charge in [0.05, 0.1) is 18.3 Å². The Balaban J connectivity index is 1.61. The highest BCUT2D eigenvalue weighted by molar-refractivity contribution is 7.14. The Hall–Kier alpha value is -2.12. The van der Waals surface area contributed by atoms with Crippen LogP contribution in [0.3, 0.4) is 0 Å². The van der Waals surface area contributed by atoms with Crippen molar-refractivity contribution in [3.8, 4) is 11.3 Å². The summed E-state index contributed by atoms with van der Waals surface area (Å²) in [7, 11) is 0. The fraction of sp³-hybridized carbons (Fsp3) is 0.286. The molecule has 110 valence electrons. The number of ether oxygens (including phenoxy) is 1. The lowest BCUT2D eigenvalue weighted by Gasteiger charge is -2.10. The van der Waals surface area contributed by atoms with Gasteiger partial charge in [0.15, 0.2) is 5.13 Å². The first kappa shape index (κ1) is 13.8. The second-order valence-corrected chi connectivity index (χ2v) is 5.68. The minimum Gasteiger partial charge on any atom is -0.399 e. The zero-order valence-electron chi connectivity index (χ0n) is 11.3. The second-order valence-electron chi connectivity index (χ2n) is 4.82. The minimum absolute atomic E-state index is 0.0848. The van der Waals surface area contributed by atoms with Crippen molar-refractivity contribution in [1.82, 2.24) is 10.3 Å². The maximum Gasteiger partial charge on any atom is 0.321 e. The van der Waals surface area contributed by atoms with E-state index in [1.807, 2.05) is 29.6 Å². The molecule has 2 amide bonds. The molecular formula is C14H16N4O2S. The predicted octanol–water partition coefficient (Wildman–Crippen LogP) is 2.30. The molecule has 1 atom stereocenters. The maximum absolute atomic E-state index is 11.8. The number of anilines is 2. The Morgan fingerprint density at radius 3 is 2.90 bits per heavy atom. The van der Waals surface area contributed by atoms with Crippen LogP contribution in [0, 0.1) is 0 Å². The van der Waals surface area contributed by atoms with Crippen molar-refractivity contribution >= 4 is 28.2 Å². The van der Waals surface area contributed by atoms with Crippen molar-refractivity contribution < 1.29 is 9.53 Å². The fourth-order valence-electron chi connectivity index (χ4n) is 2.08. The van der Waals surface area contributed by atoms with Crippen LogP contribution in [0.25, 0.3) is 11.3 Å². The van der Waals surface area contributed by atoms with Gasteiger partial charge in [0.25, 0.3) is 0 Å². The van der Waals surface area contributed by atoms with Crippen molar-refractivity contribution in [2.24, 2.45) is 0 Å². The van der Waals surface area contributed by atoms with Crippen molar-refractivity contribution in [3.05, 3.63) is 29.6 Å². The van der Waals surface area contributed by atoms with Gasteiger partial charge in [-0.1, -0.05) is 12.1 Å². The summed E-state index contributed by atoms with van der Waals surface area (Å²) in [4.78, 5) is 16.2. The third kappa shape index (κ3) is 3.50. The van der Waals surface area contributed by atoms with Crippen LogP contribution in [0.15, 0.2) is 29.6 Å². The Morgan fingerprint density at radius 2 is 2.19 bits per heavy atom. The fourth-order valence-corrected chi connectivity index (χ4v) is 2.80. The van der Waals surface area contributed by atoms with Gasteiger partial charge in [-0.3, -0.25) is 5.32 Å². The van der Waals surface area contributed by atoms with E-state index in [-0.39, 0.29) is 12.1 Å². The number of hydrogen-bond donors (Lipinski definition) is 3. The van der Waals surface area contributed by atoms with E-state index in [4.69, 9.17) is 10.5 Å². The molecule has 21 heavy (non-hydrogen) atoms. The molecule has 1 unspecified atom stereocenters. The van der Waals surface area contributed by atoms with E-state index in [0.717, 1.165) is 17.7 Å². The summed E-state index contributed by atoms with van der Waals surface area (Å²) in [6.45, 7) is 1.27. The highest BCUT2D eigenvalue weighted by Gasteiger charge is 2.18. The molecule has 1 aliphatic rings. The standard InChI is InChI=1S/C14H16N4O2S/c15-10-3-1-9(2-4-10)12-8-21-14(17-12)18-13(19)16-11-5-6-20-7-11/h1-4,8,11H,5-7,15H2,(H2,16,17,18,19). The number of aromatic nitrogens is 1. The van der Waals surface area contributed by atoms with Crippen LogP contribution in [0.1, 0.15) is 6.42 Å². The van der Waals surface area contributed by atoms with Crippen molar-refractivity contribution in [2.45, 2.75) is 12.5 Å². The van der Waals surface area contributed by atoms with Crippen LogP contribution in [-0.2, 0) is 4.74 Å². The number of carbonyl (C=O) groups is 1. The van der Waals surface area contributed by atoms with E-state index in [0.29, 0.717) is 24.0 Å². The molecule has 0 spiro atoms. The monoisotopic (exact) mass is 304 g/mol. The molecule has 1 aliphatic heterocycles. The molecule has 0 aliphatic carbocycles. The molecule has 2 heterocycles. The van der Waals surface area contributed by atoms with Gasteiger partial charge in [0.2, 0.25) is 0 Å². The Kier molecular flexibility index (Phi) is 4.03. The molecule has 0 saturated carbocycles. The first-order valence-corrected chi connectivity index (χ1v) is 7.55. The summed E-state index contributed by atoms with van der Waals surface area (Å²) in [6.07, 6.45) is 0.849. The van der Waals surface area contributed by atoms with E-state index in [9.17, 15) is 4.79 Å². The summed E-state index contributed by atoms with van der Waals surface area (Å²) in [5.74, 6) is 0. The number of nitrogens with zero attached hydrogens (tertiary/aromatic N) is 1. The highest BCUT2D eigenvalue weighted by Crippen LogP contribution is 2.25. The van der Waals surface area contributed by atoms with Crippen LogP contribution in [-0.4, -0.2) is 30.3 Å². The van der Waals surface area contributed by atoms with Crippen molar-refractivity contribution in [2.75, 3.05) is 24.3 Å². The zero-order valence-corrected chi connectivity index (χ0v) is 12.2. The predicted molar refractivity (Wildman–Crippen MR) is 83.3 cm³/mol. The van der Waals surface area contributed by atoms with E-state index in [1.54, 1.807) is 0 Å². The number of amides is 2. The first-order valence-electron chi connectivity index (χ1n) is 6.67. The molecule has 6 nitrogen and oxygen atoms in total. The molecule has 2 aromatic rings. The van der Waals surface area contributed by atoms with Gasteiger partial charge in [-0.25, -0.2) is 9.78 Å². The summed E-state index contributed by atoms with van der Waals surface area (Å²) < 4.78 is 5.21. The number of benzene rings is 1. The van der Waals surface area contributed by atoms with Gasteiger partial charge >= 0.3 is 6.03 Å². The SMILES string of the molecule is Nc1ccc(-c2csc(NC(=O)NC3CCOC3)n2)cc1. The largest absolute Gasteiger partial charge is 0.399 e. The van der Waals surface area contributed by atoms with E-state index >= 15 is 0 Å². The van der Waals surface area contributed by atoms with Crippen LogP contribution in [0.5, 0.6) is 0 Å². The van der Waals surface area contributed by atoms with Gasteiger partial charge in [-0.2, -0.15) is 0 Å². The van der Waals surface area contributed by atoms with Crippen molar-refractivity contribution in [3.63, 3.8) is 0 Å². The molecule has 0 bridgehead atoms. The van der Waals surface area contributed by atoms with Crippen molar-refractivity contribution in [1.29, 1.82) is 0 Å². The molecule has 1 aromatic carbocycles. The summed E-state index contributed by atoms with van der Waals surface area (Å²) in [5.41, 5.74) is 8.16. The third-order valence-corrected chi connectivity index (χ3v) is 3.95. The Bertz CT molecular complexity index is 620. The number of nitrogen functional groups attached to an aromatic ring is 1. The first-order chi connectivity index (χ1) is 10.2. The minimum atomic E-state index is -0.247. The quantitative estimate of drug-likeness (QED) is 0.759. The third-order valence-electron chi connectivity index (χ3n) is 3.20. The molecular weight excluding hydrogens is 288 g/mol. The number of hydrogen-bond acceptors (Lipinski definition) is 5. The van der Waals surface area contributed by atoms with Crippen LogP contribution in [0.2, 0.25) is 0 Å². The normalized spacial score (nSPS) is 17.6. The summed E-state index contributed by atoms with van der Waals surface area (Å²) >= 11 is 1.39. The molecule has 0 radical (unpaired) electrons. The van der Waals surface area contributed by atoms with Gasteiger partial charge < -0.3 is 15.8 Å². The molecule has 3 rings (SSSR count). The number of rotatable bonds is 3. The summed E-state index contributed by atoms with van der Waals surface area (Å²) in [5, 5.41) is 8.08. The van der Waals surface area contributed by atoms with E-state index in [1.165, 1.54) is 11.3 Å². The van der Waals surface area contributed by atoms with E-state index in [2.05, 4.69) is 15.6 Å². The lowest BCUT2D eigenvalue weighted by molar-refractivity contribution is 0.189. The lowest BCUT2D eigenvalue weighted by Crippen LogP contribution is -2.38. The highest BCUT2D eigenvalue weighted by atomic mass is 32.1. The molecule has 1 aromatic heterocycles. The number of urea groups is 1. The molecule has 1 fully saturated rings. The van der Waals surface area contributed by atoms with Gasteiger partial charge in [-0.15, -0.1) is 11.3 Å². The number of carbonyl (C=O) groups excluding carboxylic acids is 1. The average Bonchev–Trinajstić information content (AvgIpc) is 3.11. The number of nitrogens with one attached hydrogen (secondary N) is 2. The maximum atomic E-state index is 11.8. The van der Waals surface area contributed by atoms with Crippen LogP contribution >= 0.6 is 11.3 Å². The van der Waals surface area contributed by atoms with E-state index < -0.39 is 0 Å². The molecule has 1 saturated heterocycles. The molecule has 7 heteroatoms. The Morgan fingerprint density at radius 1 is 1.38 bits per heavy atom. The van der Waals surface area contributed by atoms with Gasteiger partial charge in [0.1, 0.15) is 0 Å².